The molecular formula is C22H21N5O2S2. The van der Waals surface area contributed by atoms with Crippen LogP contribution in [-0.4, -0.2) is 26.1 Å². The Hall–Kier alpha value is -3.04. The van der Waals surface area contributed by atoms with Gasteiger partial charge in [0.25, 0.3) is 5.22 Å². The van der Waals surface area contributed by atoms with Crippen LogP contribution in [0, 0.1) is 20.8 Å². The first-order valence-corrected chi connectivity index (χ1v) is 11.5. The molecule has 0 radical (unpaired) electrons. The van der Waals surface area contributed by atoms with Gasteiger partial charge in [0.2, 0.25) is 11.8 Å². The minimum absolute atomic E-state index is 0.0671. The summed E-state index contributed by atoms with van der Waals surface area (Å²) in [5, 5.41) is 11.3. The Morgan fingerprint density at radius 3 is 2.52 bits per heavy atom. The molecule has 7 nitrogen and oxygen atoms in total. The van der Waals surface area contributed by atoms with Gasteiger partial charge in [0.1, 0.15) is 0 Å². The second kappa shape index (κ2) is 8.99. The molecule has 0 fully saturated rings. The van der Waals surface area contributed by atoms with E-state index in [1.165, 1.54) is 28.7 Å². The SMILES string of the molecule is CC(=O)N(c1nc(CSc2nnc(-c3ccncc3)o2)cs1)c1c(C)cc(C)cc1C. The molecule has 0 unspecified atom stereocenters. The van der Waals surface area contributed by atoms with Gasteiger partial charge in [-0.25, -0.2) is 4.98 Å². The standard InChI is InChI=1S/C22H21N5O2S2/c1-13-9-14(2)19(15(3)10-13)27(16(4)28)21-24-18(11-30-21)12-31-22-26-25-20(29-22)17-5-7-23-8-6-17/h5-11H,12H2,1-4H3. The number of nitrogens with zero attached hydrogens (tertiary/aromatic N) is 5. The van der Waals surface area contributed by atoms with Crippen LogP contribution in [-0.2, 0) is 10.5 Å². The molecule has 0 N–H and O–H groups in total. The molecule has 0 saturated carbocycles. The van der Waals surface area contributed by atoms with Gasteiger partial charge in [0.05, 0.1) is 11.4 Å². The summed E-state index contributed by atoms with van der Waals surface area (Å²) >= 11 is 2.86. The number of pyridine rings is 1. The van der Waals surface area contributed by atoms with Crippen molar-refractivity contribution in [2.24, 2.45) is 0 Å². The summed E-state index contributed by atoms with van der Waals surface area (Å²) in [4.78, 5) is 22.9. The van der Waals surface area contributed by atoms with Gasteiger partial charge >= 0.3 is 0 Å². The van der Waals surface area contributed by atoms with E-state index in [0.29, 0.717) is 22.0 Å². The lowest BCUT2D eigenvalue weighted by molar-refractivity contribution is -0.115. The summed E-state index contributed by atoms with van der Waals surface area (Å²) < 4.78 is 5.72. The molecule has 158 valence electrons. The van der Waals surface area contributed by atoms with Crippen molar-refractivity contribution in [2.75, 3.05) is 4.90 Å². The second-order valence-electron chi connectivity index (χ2n) is 7.12. The number of aryl methyl sites for hydroxylation is 3. The van der Waals surface area contributed by atoms with E-state index >= 15 is 0 Å². The molecule has 0 aliphatic rings. The van der Waals surface area contributed by atoms with Crippen molar-refractivity contribution in [3.05, 3.63) is 64.4 Å². The minimum atomic E-state index is -0.0671. The molecule has 0 aliphatic carbocycles. The van der Waals surface area contributed by atoms with Crippen molar-refractivity contribution in [1.29, 1.82) is 0 Å². The number of carbonyl (C=O) groups is 1. The predicted molar refractivity (Wildman–Crippen MR) is 123 cm³/mol. The number of anilines is 2. The maximum Gasteiger partial charge on any atom is 0.277 e. The third-order valence-electron chi connectivity index (χ3n) is 4.58. The van der Waals surface area contributed by atoms with Gasteiger partial charge in [0.15, 0.2) is 5.13 Å². The fraction of sp³-hybridized carbons (Fsp3) is 0.227. The molecule has 0 spiro atoms. The maximum atomic E-state index is 12.5. The summed E-state index contributed by atoms with van der Waals surface area (Å²) in [6.07, 6.45) is 3.36. The van der Waals surface area contributed by atoms with Crippen LogP contribution in [0.25, 0.3) is 11.5 Å². The number of hydrogen-bond acceptors (Lipinski definition) is 8. The van der Waals surface area contributed by atoms with Crippen molar-refractivity contribution in [3.63, 3.8) is 0 Å². The summed E-state index contributed by atoms with van der Waals surface area (Å²) in [6, 6.07) is 7.80. The van der Waals surface area contributed by atoms with Crippen molar-refractivity contribution in [3.8, 4) is 11.5 Å². The highest BCUT2D eigenvalue weighted by Crippen LogP contribution is 2.35. The zero-order valence-electron chi connectivity index (χ0n) is 17.6. The number of carbonyl (C=O) groups excluding carboxylic acids is 1. The minimum Gasteiger partial charge on any atom is -0.411 e. The fourth-order valence-corrected chi connectivity index (χ4v) is 5.03. The zero-order valence-corrected chi connectivity index (χ0v) is 19.3. The predicted octanol–water partition coefficient (Wildman–Crippen LogP) is 5.49. The Morgan fingerprint density at radius 2 is 1.84 bits per heavy atom. The van der Waals surface area contributed by atoms with Crippen LogP contribution in [0.5, 0.6) is 0 Å². The van der Waals surface area contributed by atoms with Gasteiger partial charge in [-0.15, -0.1) is 21.5 Å². The smallest absolute Gasteiger partial charge is 0.277 e. The molecule has 3 aromatic heterocycles. The average molecular weight is 452 g/mol. The second-order valence-corrected chi connectivity index (χ2v) is 8.88. The fourth-order valence-electron chi connectivity index (χ4n) is 3.39. The molecule has 0 bridgehead atoms. The number of thioether (sulfide) groups is 1. The van der Waals surface area contributed by atoms with E-state index in [2.05, 4.69) is 34.2 Å². The molecule has 0 saturated heterocycles. The van der Waals surface area contributed by atoms with Gasteiger partial charge in [-0.2, -0.15) is 0 Å². The summed E-state index contributed by atoms with van der Waals surface area (Å²) in [5.41, 5.74) is 5.84. The highest BCUT2D eigenvalue weighted by atomic mass is 32.2. The van der Waals surface area contributed by atoms with Crippen LogP contribution < -0.4 is 4.90 Å². The molecule has 31 heavy (non-hydrogen) atoms. The van der Waals surface area contributed by atoms with Gasteiger partial charge in [-0.3, -0.25) is 14.7 Å². The van der Waals surface area contributed by atoms with E-state index in [1.807, 2.05) is 31.4 Å². The number of aromatic nitrogens is 4. The molecular weight excluding hydrogens is 430 g/mol. The highest BCUT2D eigenvalue weighted by molar-refractivity contribution is 7.98. The highest BCUT2D eigenvalue weighted by Gasteiger charge is 2.22. The first-order valence-electron chi connectivity index (χ1n) is 9.62. The lowest BCUT2D eigenvalue weighted by Crippen LogP contribution is -2.24. The molecule has 3 heterocycles. The Labute approximate surface area is 188 Å². The molecule has 0 atom stereocenters. The number of thiazole rings is 1. The molecule has 0 aliphatic heterocycles. The van der Waals surface area contributed by atoms with Crippen LogP contribution >= 0.6 is 23.1 Å². The first-order chi connectivity index (χ1) is 14.9. The normalized spacial score (nSPS) is 11.0. The summed E-state index contributed by atoms with van der Waals surface area (Å²) in [6.45, 7) is 7.66. The van der Waals surface area contributed by atoms with Crippen LogP contribution in [0.2, 0.25) is 0 Å². The van der Waals surface area contributed by atoms with Gasteiger partial charge < -0.3 is 4.42 Å². The van der Waals surface area contributed by atoms with E-state index in [-0.39, 0.29) is 5.91 Å². The van der Waals surface area contributed by atoms with Gasteiger partial charge in [-0.1, -0.05) is 29.5 Å². The third kappa shape index (κ3) is 4.67. The van der Waals surface area contributed by atoms with Crippen LogP contribution in [0.15, 0.2) is 51.7 Å². The lowest BCUT2D eigenvalue weighted by atomic mass is 10.0. The largest absolute Gasteiger partial charge is 0.411 e. The number of benzene rings is 1. The number of rotatable bonds is 6. The summed E-state index contributed by atoms with van der Waals surface area (Å²) in [5.74, 6) is 0.950. The zero-order chi connectivity index (χ0) is 22.0. The quantitative estimate of drug-likeness (QED) is 0.358. The van der Waals surface area contributed by atoms with Crippen molar-refractivity contribution < 1.29 is 9.21 Å². The van der Waals surface area contributed by atoms with E-state index in [9.17, 15) is 4.79 Å². The Balaban J connectivity index is 1.51. The monoisotopic (exact) mass is 451 g/mol. The van der Waals surface area contributed by atoms with Crippen molar-refractivity contribution >= 4 is 39.8 Å². The van der Waals surface area contributed by atoms with Crippen molar-refractivity contribution in [2.45, 2.75) is 38.7 Å². The van der Waals surface area contributed by atoms with E-state index in [0.717, 1.165) is 28.1 Å². The van der Waals surface area contributed by atoms with Gasteiger partial charge in [-0.05, 0) is 44.0 Å². The Kier molecular flexibility index (Phi) is 6.15. The van der Waals surface area contributed by atoms with E-state index in [4.69, 9.17) is 9.40 Å². The third-order valence-corrected chi connectivity index (χ3v) is 6.31. The molecule has 9 heteroatoms. The van der Waals surface area contributed by atoms with E-state index < -0.39 is 0 Å². The molecule has 4 rings (SSSR count). The van der Waals surface area contributed by atoms with Crippen LogP contribution in [0.1, 0.15) is 29.3 Å². The Morgan fingerprint density at radius 1 is 1.13 bits per heavy atom. The number of hydrogen-bond donors (Lipinski definition) is 0. The maximum absolute atomic E-state index is 12.5. The molecule has 4 aromatic rings. The lowest BCUT2D eigenvalue weighted by Gasteiger charge is -2.23. The van der Waals surface area contributed by atoms with Crippen LogP contribution in [0.4, 0.5) is 10.8 Å². The molecule has 1 amide bonds. The van der Waals surface area contributed by atoms with Gasteiger partial charge in [0, 0.05) is 36.0 Å². The van der Waals surface area contributed by atoms with Crippen LogP contribution in [0.3, 0.4) is 0 Å². The van der Waals surface area contributed by atoms with Crippen molar-refractivity contribution in [1.82, 2.24) is 20.2 Å². The summed E-state index contributed by atoms with van der Waals surface area (Å²) in [7, 11) is 0. The number of amides is 1. The topological polar surface area (TPSA) is 85.0 Å². The Bertz CT molecular complexity index is 1200. The average Bonchev–Trinajstić information content (AvgIpc) is 3.39. The van der Waals surface area contributed by atoms with E-state index in [1.54, 1.807) is 24.2 Å². The first kappa shape index (κ1) is 21.2. The molecule has 1 aromatic carbocycles.